The van der Waals surface area contributed by atoms with Crippen LogP contribution < -0.4 is 4.90 Å². The summed E-state index contributed by atoms with van der Waals surface area (Å²) in [6.45, 7) is 0.927. The van der Waals surface area contributed by atoms with E-state index in [0.29, 0.717) is 23.7 Å². The first-order valence-corrected chi connectivity index (χ1v) is 8.58. The van der Waals surface area contributed by atoms with Crippen molar-refractivity contribution in [2.45, 2.75) is 12.8 Å². The summed E-state index contributed by atoms with van der Waals surface area (Å²) >= 11 is 4.79. The van der Waals surface area contributed by atoms with E-state index in [1.54, 1.807) is 22.1 Å². The van der Waals surface area contributed by atoms with Crippen molar-refractivity contribution in [3.05, 3.63) is 45.9 Å². The van der Waals surface area contributed by atoms with Crippen LogP contribution in [-0.2, 0) is 4.79 Å². The molecule has 7 heteroatoms. The SMILES string of the molecule is O=C1CCCN1CN(C(=O)c1ccccc1Br)c1nccs1. The van der Waals surface area contributed by atoms with Gasteiger partial charge < -0.3 is 4.90 Å². The van der Waals surface area contributed by atoms with Gasteiger partial charge in [-0.15, -0.1) is 11.3 Å². The number of hydrogen-bond donors (Lipinski definition) is 0. The van der Waals surface area contributed by atoms with Crippen LogP contribution in [0.5, 0.6) is 0 Å². The van der Waals surface area contributed by atoms with E-state index in [0.717, 1.165) is 10.9 Å². The molecule has 0 spiro atoms. The fraction of sp³-hybridized carbons (Fsp3) is 0.267. The summed E-state index contributed by atoms with van der Waals surface area (Å²) in [6.07, 6.45) is 3.05. The number of likely N-dealkylation sites (tertiary alicyclic amines) is 1. The summed E-state index contributed by atoms with van der Waals surface area (Å²) in [5, 5.41) is 2.42. The fourth-order valence-electron chi connectivity index (χ4n) is 2.37. The molecular weight excluding hydrogens is 366 g/mol. The molecule has 0 bridgehead atoms. The van der Waals surface area contributed by atoms with Gasteiger partial charge in [-0.3, -0.25) is 14.5 Å². The molecule has 0 atom stereocenters. The van der Waals surface area contributed by atoms with Crippen molar-refractivity contribution in [3.63, 3.8) is 0 Å². The lowest BCUT2D eigenvalue weighted by atomic mass is 10.2. The lowest BCUT2D eigenvalue weighted by Gasteiger charge is -2.26. The van der Waals surface area contributed by atoms with Gasteiger partial charge in [-0.05, 0) is 34.5 Å². The molecule has 1 aliphatic heterocycles. The number of thiazole rings is 1. The first kappa shape index (κ1) is 15.2. The third-order valence-corrected chi connectivity index (χ3v) is 4.97. The fourth-order valence-corrected chi connectivity index (χ4v) is 3.45. The molecule has 2 amide bonds. The predicted octanol–water partition coefficient (Wildman–Crippen LogP) is 3.13. The van der Waals surface area contributed by atoms with Gasteiger partial charge in [0, 0.05) is 29.0 Å². The van der Waals surface area contributed by atoms with Gasteiger partial charge in [0.1, 0.15) is 6.67 Å². The molecule has 0 N–H and O–H groups in total. The number of anilines is 1. The molecule has 1 aromatic carbocycles. The highest BCUT2D eigenvalue weighted by molar-refractivity contribution is 9.10. The third kappa shape index (κ3) is 3.05. The molecule has 5 nitrogen and oxygen atoms in total. The van der Waals surface area contributed by atoms with Gasteiger partial charge in [0.05, 0.1) is 5.56 Å². The van der Waals surface area contributed by atoms with Gasteiger partial charge in [0.15, 0.2) is 5.13 Å². The number of rotatable bonds is 4. The van der Waals surface area contributed by atoms with E-state index in [1.165, 1.54) is 11.3 Å². The maximum atomic E-state index is 12.9. The molecule has 1 saturated heterocycles. The average molecular weight is 380 g/mol. The highest BCUT2D eigenvalue weighted by Gasteiger charge is 2.28. The molecule has 22 heavy (non-hydrogen) atoms. The van der Waals surface area contributed by atoms with E-state index in [2.05, 4.69) is 20.9 Å². The normalized spacial score (nSPS) is 14.4. The zero-order valence-electron chi connectivity index (χ0n) is 11.7. The Morgan fingerprint density at radius 1 is 1.41 bits per heavy atom. The van der Waals surface area contributed by atoms with Gasteiger partial charge in [-0.1, -0.05) is 12.1 Å². The average Bonchev–Trinajstić information content (AvgIpc) is 3.16. The second-order valence-electron chi connectivity index (χ2n) is 4.93. The minimum atomic E-state index is -0.165. The van der Waals surface area contributed by atoms with Gasteiger partial charge >= 0.3 is 0 Å². The van der Waals surface area contributed by atoms with Crippen molar-refractivity contribution in [2.75, 3.05) is 18.1 Å². The zero-order valence-corrected chi connectivity index (χ0v) is 14.1. The number of benzene rings is 1. The van der Waals surface area contributed by atoms with Gasteiger partial charge in [0.2, 0.25) is 5.91 Å². The molecule has 1 aliphatic rings. The highest BCUT2D eigenvalue weighted by Crippen LogP contribution is 2.25. The molecule has 1 aromatic heterocycles. The minimum absolute atomic E-state index is 0.0847. The van der Waals surface area contributed by atoms with Crippen LogP contribution in [0.3, 0.4) is 0 Å². The van der Waals surface area contributed by atoms with E-state index >= 15 is 0 Å². The van der Waals surface area contributed by atoms with Crippen LogP contribution in [0.1, 0.15) is 23.2 Å². The van der Waals surface area contributed by atoms with Gasteiger partial charge in [0.25, 0.3) is 5.91 Å². The first-order valence-electron chi connectivity index (χ1n) is 6.90. The molecule has 2 heterocycles. The van der Waals surface area contributed by atoms with Crippen LogP contribution in [0, 0.1) is 0 Å². The van der Waals surface area contributed by atoms with Crippen LogP contribution in [-0.4, -0.2) is 34.9 Å². The van der Waals surface area contributed by atoms with E-state index < -0.39 is 0 Å². The van der Waals surface area contributed by atoms with Crippen LogP contribution in [0.15, 0.2) is 40.3 Å². The highest BCUT2D eigenvalue weighted by atomic mass is 79.9. The summed E-state index contributed by atoms with van der Waals surface area (Å²) in [5.41, 5.74) is 0.560. The predicted molar refractivity (Wildman–Crippen MR) is 88.9 cm³/mol. The number of hydrogen-bond acceptors (Lipinski definition) is 4. The van der Waals surface area contributed by atoms with Crippen LogP contribution in [0.25, 0.3) is 0 Å². The second-order valence-corrected chi connectivity index (χ2v) is 6.66. The number of carbonyl (C=O) groups excluding carboxylic acids is 2. The quantitative estimate of drug-likeness (QED) is 0.819. The Morgan fingerprint density at radius 3 is 2.86 bits per heavy atom. The van der Waals surface area contributed by atoms with Crippen molar-refractivity contribution < 1.29 is 9.59 Å². The summed E-state index contributed by atoms with van der Waals surface area (Å²) < 4.78 is 0.731. The van der Waals surface area contributed by atoms with Crippen molar-refractivity contribution in [1.29, 1.82) is 0 Å². The number of aromatic nitrogens is 1. The zero-order chi connectivity index (χ0) is 15.5. The van der Waals surface area contributed by atoms with Crippen molar-refractivity contribution in [1.82, 2.24) is 9.88 Å². The van der Waals surface area contributed by atoms with Crippen LogP contribution in [0.4, 0.5) is 5.13 Å². The third-order valence-electron chi connectivity index (χ3n) is 3.48. The molecule has 0 aliphatic carbocycles. The number of amides is 2. The molecule has 0 radical (unpaired) electrons. The number of carbonyl (C=O) groups is 2. The Kier molecular flexibility index (Phi) is 4.54. The summed E-state index contributed by atoms with van der Waals surface area (Å²) in [4.78, 5) is 32.2. The molecule has 2 aromatic rings. The van der Waals surface area contributed by atoms with Gasteiger partial charge in [-0.25, -0.2) is 4.98 Å². The molecule has 114 valence electrons. The van der Waals surface area contributed by atoms with Crippen molar-refractivity contribution >= 4 is 44.2 Å². The standard InChI is InChI=1S/C15H14BrN3O2S/c16-12-5-2-1-4-11(12)14(21)19(15-17-7-9-22-15)10-18-8-3-6-13(18)20/h1-2,4-5,7,9H,3,6,8,10H2. The largest absolute Gasteiger partial charge is 0.324 e. The topological polar surface area (TPSA) is 53.5 Å². The maximum absolute atomic E-state index is 12.9. The van der Waals surface area contributed by atoms with E-state index in [4.69, 9.17) is 0 Å². The smallest absolute Gasteiger partial charge is 0.262 e. The van der Waals surface area contributed by atoms with Crippen LogP contribution >= 0.6 is 27.3 Å². The number of halogens is 1. The Balaban J connectivity index is 1.90. The monoisotopic (exact) mass is 379 g/mol. The Labute approximate surface area is 140 Å². The first-order chi connectivity index (χ1) is 10.7. The summed E-state index contributed by atoms with van der Waals surface area (Å²) in [7, 11) is 0. The van der Waals surface area contributed by atoms with Crippen LogP contribution in [0.2, 0.25) is 0 Å². The minimum Gasteiger partial charge on any atom is -0.324 e. The summed E-state index contributed by atoms with van der Waals surface area (Å²) in [6, 6.07) is 7.27. The molecule has 0 unspecified atom stereocenters. The lowest BCUT2D eigenvalue weighted by molar-refractivity contribution is -0.127. The Bertz CT molecular complexity index is 690. The number of nitrogens with zero attached hydrogens (tertiary/aromatic N) is 3. The second kappa shape index (κ2) is 6.58. The summed E-state index contributed by atoms with van der Waals surface area (Å²) in [5.74, 6) is -0.0800. The molecule has 3 rings (SSSR count). The van der Waals surface area contributed by atoms with E-state index in [9.17, 15) is 9.59 Å². The molecular formula is C15H14BrN3O2S. The molecule has 1 fully saturated rings. The lowest BCUT2D eigenvalue weighted by Crippen LogP contribution is -2.42. The Hall–Kier alpha value is -1.73. The van der Waals surface area contributed by atoms with Gasteiger partial charge in [-0.2, -0.15) is 0 Å². The van der Waals surface area contributed by atoms with Crippen molar-refractivity contribution in [2.24, 2.45) is 0 Å². The van der Waals surface area contributed by atoms with Crippen molar-refractivity contribution in [3.8, 4) is 0 Å². The maximum Gasteiger partial charge on any atom is 0.262 e. The van der Waals surface area contributed by atoms with E-state index in [-0.39, 0.29) is 18.5 Å². The van der Waals surface area contributed by atoms with E-state index in [1.807, 2.05) is 23.6 Å². The molecule has 0 saturated carbocycles. The Morgan fingerprint density at radius 2 is 2.23 bits per heavy atom.